The average Bonchev–Trinajstić information content (AvgIpc) is 2.44. The van der Waals surface area contributed by atoms with Crippen molar-refractivity contribution in [2.45, 2.75) is 26.3 Å². The third kappa shape index (κ3) is 4.57. The van der Waals surface area contributed by atoms with Crippen molar-refractivity contribution in [2.75, 3.05) is 14.2 Å². The number of benzene rings is 1. The van der Waals surface area contributed by atoms with E-state index in [0.717, 1.165) is 11.3 Å². The molecule has 20 heavy (non-hydrogen) atoms. The summed E-state index contributed by atoms with van der Waals surface area (Å²) in [7, 11) is 2.90. The lowest BCUT2D eigenvalue weighted by atomic mass is 10.0. The Hall–Kier alpha value is -2.04. The molecule has 0 aliphatic rings. The van der Waals surface area contributed by atoms with E-state index in [1.165, 1.54) is 7.11 Å². The van der Waals surface area contributed by atoms with Gasteiger partial charge in [-0.15, -0.1) is 0 Å². The molecular weight excluding hydrogens is 258 g/mol. The van der Waals surface area contributed by atoms with E-state index in [4.69, 9.17) is 4.74 Å². The molecule has 0 aliphatic heterocycles. The molecule has 1 rings (SSSR count). The molecule has 0 radical (unpaired) electrons. The van der Waals surface area contributed by atoms with Gasteiger partial charge in [0.1, 0.15) is 11.8 Å². The standard InChI is InChI=1S/C15H21NO4/c1-10(2)14(15(18)20-4)16-13(17)9-11-5-7-12(19-3)8-6-11/h5-8,10,14H,9H2,1-4H3,(H,16,17)/t14-/m0/s1. The lowest BCUT2D eigenvalue weighted by molar-refractivity contribution is -0.146. The Kier molecular flexibility index (Phi) is 6.03. The number of ether oxygens (including phenoxy) is 2. The first-order valence-electron chi connectivity index (χ1n) is 6.48. The number of methoxy groups -OCH3 is 2. The summed E-state index contributed by atoms with van der Waals surface area (Å²) in [6.07, 6.45) is 0.213. The van der Waals surface area contributed by atoms with Gasteiger partial charge in [-0.05, 0) is 23.6 Å². The van der Waals surface area contributed by atoms with Crippen LogP contribution in [0, 0.1) is 5.92 Å². The van der Waals surface area contributed by atoms with Crippen LogP contribution >= 0.6 is 0 Å². The highest BCUT2D eigenvalue weighted by Gasteiger charge is 2.24. The van der Waals surface area contributed by atoms with Gasteiger partial charge in [0.05, 0.1) is 20.6 Å². The largest absolute Gasteiger partial charge is 0.497 e. The van der Waals surface area contributed by atoms with E-state index < -0.39 is 12.0 Å². The number of hydrogen-bond acceptors (Lipinski definition) is 4. The van der Waals surface area contributed by atoms with Gasteiger partial charge in [-0.3, -0.25) is 4.79 Å². The summed E-state index contributed by atoms with van der Waals surface area (Å²) in [5, 5.41) is 2.70. The van der Waals surface area contributed by atoms with Gasteiger partial charge in [0.15, 0.2) is 0 Å². The maximum absolute atomic E-state index is 12.0. The Labute approximate surface area is 119 Å². The Balaban J connectivity index is 2.63. The van der Waals surface area contributed by atoms with Gasteiger partial charge in [-0.1, -0.05) is 26.0 Å². The smallest absolute Gasteiger partial charge is 0.328 e. The fourth-order valence-electron chi connectivity index (χ4n) is 1.78. The molecule has 0 spiro atoms. The first-order chi connectivity index (χ1) is 9.47. The lowest BCUT2D eigenvalue weighted by Gasteiger charge is -2.19. The minimum absolute atomic E-state index is 0.0257. The van der Waals surface area contributed by atoms with Crippen LogP contribution in [-0.4, -0.2) is 32.1 Å². The lowest BCUT2D eigenvalue weighted by Crippen LogP contribution is -2.45. The summed E-state index contributed by atoms with van der Waals surface area (Å²) in [5.74, 6) is 0.0772. The molecule has 1 N–H and O–H groups in total. The molecule has 5 nitrogen and oxygen atoms in total. The zero-order valence-electron chi connectivity index (χ0n) is 12.3. The number of esters is 1. The number of nitrogens with one attached hydrogen (secondary N) is 1. The number of rotatable bonds is 6. The van der Waals surface area contributed by atoms with Gasteiger partial charge < -0.3 is 14.8 Å². The molecule has 0 fully saturated rings. The van der Waals surface area contributed by atoms with E-state index in [2.05, 4.69) is 10.1 Å². The monoisotopic (exact) mass is 279 g/mol. The maximum Gasteiger partial charge on any atom is 0.328 e. The van der Waals surface area contributed by atoms with Crippen LogP contribution in [0.3, 0.4) is 0 Å². The quantitative estimate of drug-likeness (QED) is 0.802. The molecular formula is C15H21NO4. The van der Waals surface area contributed by atoms with Gasteiger partial charge in [0, 0.05) is 0 Å². The molecule has 0 bridgehead atoms. The van der Waals surface area contributed by atoms with Crippen LogP contribution in [0.2, 0.25) is 0 Å². The summed E-state index contributed by atoms with van der Waals surface area (Å²) in [5.41, 5.74) is 0.857. The van der Waals surface area contributed by atoms with Crippen molar-refractivity contribution in [1.29, 1.82) is 0 Å². The van der Waals surface area contributed by atoms with Crippen LogP contribution < -0.4 is 10.1 Å². The van der Waals surface area contributed by atoms with Crippen molar-refractivity contribution in [3.05, 3.63) is 29.8 Å². The molecule has 1 atom stereocenters. The second-order valence-corrected chi connectivity index (χ2v) is 4.84. The molecule has 5 heteroatoms. The Morgan fingerprint density at radius 3 is 2.20 bits per heavy atom. The Morgan fingerprint density at radius 1 is 1.15 bits per heavy atom. The molecule has 0 heterocycles. The third-order valence-electron chi connectivity index (χ3n) is 2.96. The molecule has 1 aromatic carbocycles. The molecule has 0 unspecified atom stereocenters. The summed E-state index contributed by atoms with van der Waals surface area (Å²) in [4.78, 5) is 23.5. The molecule has 110 valence electrons. The van der Waals surface area contributed by atoms with Crippen molar-refractivity contribution < 1.29 is 19.1 Å². The zero-order valence-corrected chi connectivity index (χ0v) is 12.3. The van der Waals surface area contributed by atoms with Crippen LogP contribution in [0.4, 0.5) is 0 Å². The van der Waals surface area contributed by atoms with Gasteiger partial charge >= 0.3 is 5.97 Å². The fourth-order valence-corrected chi connectivity index (χ4v) is 1.78. The zero-order chi connectivity index (χ0) is 15.1. The normalized spacial score (nSPS) is 11.8. The highest BCUT2D eigenvalue weighted by atomic mass is 16.5. The van der Waals surface area contributed by atoms with E-state index in [1.807, 2.05) is 26.0 Å². The van der Waals surface area contributed by atoms with E-state index in [1.54, 1.807) is 19.2 Å². The topological polar surface area (TPSA) is 64.6 Å². The average molecular weight is 279 g/mol. The Bertz CT molecular complexity index is 453. The second kappa shape index (κ2) is 7.53. The molecule has 1 amide bonds. The van der Waals surface area contributed by atoms with Crippen LogP contribution in [0.1, 0.15) is 19.4 Å². The highest BCUT2D eigenvalue weighted by Crippen LogP contribution is 2.12. The summed E-state index contributed by atoms with van der Waals surface area (Å²) in [6, 6.07) is 6.61. The van der Waals surface area contributed by atoms with Gasteiger partial charge in [0.2, 0.25) is 5.91 Å². The van der Waals surface area contributed by atoms with Crippen molar-refractivity contribution in [1.82, 2.24) is 5.32 Å². The number of carbonyl (C=O) groups excluding carboxylic acids is 2. The molecule has 0 saturated heterocycles. The number of carbonyl (C=O) groups is 2. The van der Waals surface area contributed by atoms with E-state index in [9.17, 15) is 9.59 Å². The summed E-state index contributed by atoms with van der Waals surface area (Å²) >= 11 is 0. The first kappa shape index (κ1) is 16.0. The highest BCUT2D eigenvalue weighted by molar-refractivity contribution is 5.85. The predicted molar refractivity (Wildman–Crippen MR) is 75.5 cm³/mol. The SMILES string of the molecule is COC(=O)[C@@H](NC(=O)Cc1ccc(OC)cc1)C(C)C. The van der Waals surface area contributed by atoms with E-state index in [-0.39, 0.29) is 18.2 Å². The third-order valence-corrected chi connectivity index (χ3v) is 2.96. The minimum atomic E-state index is -0.620. The Morgan fingerprint density at radius 2 is 1.75 bits per heavy atom. The first-order valence-corrected chi connectivity index (χ1v) is 6.48. The molecule has 0 aliphatic carbocycles. The van der Waals surface area contributed by atoms with E-state index in [0.29, 0.717) is 0 Å². The molecule has 0 saturated carbocycles. The van der Waals surface area contributed by atoms with Crippen LogP contribution in [0.25, 0.3) is 0 Å². The van der Waals surface area contributed by atoms with E-state index >= 15 is 0 Å². The van der Waals surface area contributed by atoms with Crippen LogP contribution in [-0.2, 0) is 20.7 Å². The van der Waals surface area contributed by atoms with Crippen LogP contribution in [0.5, 0.6) is 5.75 Å². The van der Waals surface area contributed by atoms with Crippen molar-refractivity contribution >= 4 is 11.9 Å². The van der Waals surface area contributed by atoms with Crippen molar-refractivity contribution in [3.8, 4) is 5.75 Å². The van der Waals surface area contributed by atoms with Gasteiger partial charge in [-0.2, -0.15) is 0 Å². The molecule has 1 aromatic rings. The summed E-state index contributed by atoms with van der Waals surface area (Å²) in [6.45, 7) is 3.71. The van der Waals surface area contributed by atoms with Gasteiger partial charge in [0.25, 0.3) is 0 Å². The van der Waals surface area contributed by atoms with Gasteiger partial charge in [-0.25, -0.2) is 4.79 Å². The predicted octanol–water partition coefficient (Wildman–Crippen LogP) is 1.55. The fraction of sp³-hybridized carbons (Fsp3) is 0.467. The number of hydrogen-bond donors (Lipinski definition) is 1. The van der Waals surface area contributed by atoms with Crippen molar-refractivity contribution in [3.63, 3.8) is 0 Å². The maximum atomic E-state index is 12.0. The summed E-state index contributed by atoms with van der Waals surface area (Å²) < 4.78 is 9.74. The van der Waals surface area contributed by atoms with Crippen molar-refractivity contribution in [2.24, 2.45) is 5.92 Å². The second-order valence-electron chi connectivity index (χ2n) is 4.84. The number of amides is 1. The van der Waals surface area contributed by atoms with Crippen LogP contribution in [0.15, 0.2) is 24.3 Å². The minimum Gasteiger partial charge on any atom is -0.497 e. The molecule has 0 aromatic heterocycles.